The Labute approximate surface area is 134 Å². The quantitative estimate of drug-likeness (QED) is 0.847. The second-order valence-corrected chi connectivity index (χ2v) is 7.19. The average molecular weight is 335 g/mol. The Morgan fingerprint density at radius 1 is 1.35 bits per heavy atom. The first-order valence-corrected chi connectivity index (χ1v) is 8.69. The Morgan fingerprint density at radius 3 is 2.74 bits per heavy atom. The Hall–Kier alpha value is -2.42. The lowest BCUT2D eigenvalue weighted by atomic mass is 10.1. The van der Waals surface area contributed by atoms with Crippen LogP contribution in [-0.4, -0.2) is 47.1 Å². The predicted octanol–water partition coefficient (Wildman–Crippen LogP) is 0.473. The zero-order valence-electron chi connectivity index (χ0n) is 13.1. The zero-order valence-corrected chi connectivity index (χ0v) is 13.9. The number of amides is 1. The van der Waals surface area contributed by atoms with Crippen LogP contribution < -0.4 is 5.32 Å². The number of anilines is 1. The fraction of sp³-hybridized carbons (Fsp3) is 0.357. The molecule has 3 rings (SSSR count). The summed E-state index contributed by atoms with van der Waals surface area (Å²) in [5.74, 6) is -0.304. The summed E-state index contributed by atoms with van der Waals surface area (Å²) in [6.07, 6.45) is 4.98. The molecule has 8 nitrogen and oxygen atoms in total. The van der Waals surface area contributed by atoms with Crippen molar-refractivity contribution in [3.05, 3.63) is 35.3 Å². The monoisotopic (exact) mass is 335 g/mol. The standard InChI is InChI=1S/C14H17N5O3S/c1-9-12(10(2)18(3)16-9)15-14(20)11-5-4-6-19-7-8-23(21,22)17-13(11)19/h4-6H,7-8H2,1-3H3,(H,15,20). The van der Waals surface area contributed by atoms with Crippen LogP contribution in [0.4, 0.5) is 5.69 Å². The second-order valence-electron chi connectivity index (χ2n) is 5.44. The van der Waals surface area contributed by atoms with Crippen LogP contribution in [0.3, 0.4) is 0 Å². The number of fused-ring (bicyclic) bond motifs is 1. The van der Waals surface area contributed by atoms with Crippen molar-refractivity contribution in [2.45, 2.75) is 13.8 Å². The van der Waals surface area contributed by atoms with E-state index in [-0.39, 0.29) is 23.7 Å². The molecule has 23 heavy (non-hydrogen) atoms. The molecule has 1 N–H and O–H groups in total. The first-order chi connectivity index (χ1) is 10.8. The van der Waals surface area contributed by atoms with Crippen molar-refractivity contribution in [2.75, 3.05) is 17.6 Å². The van der Waals surface area contributed by atoms with Crippen LogP contribution in [0.2, 0.25) is 0 Å². The molecule has 0 radical (unpaired) electrons. The molecule has 9 heteroatoms. The van der Waals surface area contributed by atoms with E-state index < -0.39 is 15.9 Å². The van der Waals surface area contributed by atoms with Gasteiger partial charge in [0.25, 0.3) is 15.9 Å². The van der Waals surface area contributed by atoms with Crippen molar-refractivity contribution >= 4 is 27.5 Å². The molecular weight excluding hydrogens is 318 g/mol. The molecular formula is C14H17N5O3S. The number of aryl methyl sites for hydroxylation is 2. The van der Waals surface area contributed by atoms with Gasteiger partial charge >= 0.3 is 0 Å². The SMILES string of the molecule is Cc1nn(C)c(C)c1NC(=O)C1=CC=CN2CCS(=O)(=O)N=C12. The van der Waals surface area contributed by atoms with E-state index >= 15 is 0 Å². The maximum Gasteiger partial charge on any atom is 0.259 e. The molecule has 0 unspecified atom stereocenters. The van der Waals surface area contributed by atoms with Crippen molar-refractivity contribution in [1.82, 2.24) is 14.7 Å². The van der Waals surface area contributed by atoms with Crippen LogP contribution in [-0.2, 0) is 21.9 Å². The number of sulfonamides is 1. The van der Waals surface area contributed by atoms with Gasteiger partial charge in [-0.05, 0) is 26.0 Å². The van der Waals surface area contributed by atoms with Gasteiger partial charge in [0, 0.05) is 19.8 Å². The Kier molecular flexibility index (Phi) is 3.59. The number of nitrogens with zero attached hydrogens (tertiary/aromatic N) is 4. The molecule has 1 aromatic rings. The molecule has 1 amide bonds. The van der Waals surface area contributed by atoms with Crippen LogP contribution in [0.15, 0.2) is 28.3 Å². The molecule has 0 saturated carbocycles. The van der Waals surface area contributed by atoms with E-state index in [4.69, 9.17) is 0 Å². The molecule has 0 atom stereocenters. The number of amidine groups is 1. The summed E-state index contributed by atoms with van der Waals surface area (Å²) < 4.78 is 28.9. The van der Waals surface area contributed by atoms with E-state index in [0.29, 0.717) is 11.4 Å². The van der Waals surface area contributed by atoms with E-state index in [1.165, 1.54) is 0 Å². The number of carbonyl (C=O) groups is 1. The summed E-state index contributed by atoms with van der Waals surface area (Å²) in [4.78, 5) is 14.3. The normalized spacial score (nSPS) is 19.0. The zero-order chi connectivity index (χ0) is 16.8. The lowest BCUT2D eigenvalue weighted by molar-refractivity contribution is -0.112. The van der Waals surface area contributed by atoms with Crippen LogP contribution in [0.25, 0.3) is 0 Å². The topological polar surface area (TPSA) is 96.7 Å². The summed E-state index contributed by atoms with van der Waals surface area (Å²) in [5.41, 5.74) is 2.36. The summed E-state index contributed by atoms with van der Waals surface area (Å²) in [5, 5.41) is 7.05. The third-order valence-corrected chi connectivity index (χ3v) is 5.00. The number of carbonyl (C=O) groups excluding carboxylic acids is 1. The van der Waals surface area contributed by atoms with Gasteiger partial charge < -0.3 is 10.2 Å². The third kappa shape index (κ3) is 2.79. The molecule has 0 bridgehead atoms. The number of hydrogen-bond acceptors (Lipinski definition) is 5. The minimum absolute atomic E-state index is 0.0590. The molecule has 0 saturated heterocycles. The van der Waals surface area contributed by atoms with Crippen molar-refractivity contribution in [3.63, 3.8) is 0 Å². The van der Waals surface area contributed by atoms with E-state index in [1.54, 1.807) is 41.9 Å². The van der Waals surface area contributed by atoms with E-state index in [0.717, 1.165) is 5.69 Å². The van der Waals surface area contributed by atoms with Gasteiger partial charge in [0.05, 0.1) is 28.4 Å². The van der Waals surface area contributed by atoms with E-state index in [9.17, 15) is 13.2 Å². The largest absolute Gasteiger partial charge is 0.331 e. The van der Waals surface area contributed by atoms with Gasteiger partial charge in [-0.15, -0.1) is 4.40 Å². The van der Waals surface area contributed by atoms with E-state index in [1.807, 2.05) is 6.92 Å². The maximum absolute atomic E-state index is 12.6. The fourth-order valence-corrected chi connectivity index (χ4v) is 3.51. The summed E-state index contributed by atoms with van der Waals surface area (Å²) in [6, 6.07) is 0. The van der Waals surface area contributed by atoms with E-state index in [2.05, 4.69) is 14.8 Å². The lowest BCUT2D eigenvalue weighted by Crippen LogP contribution is -2.40. The molecule has 0 aliphatic carbocycles. The number of nitrogens with one attached hydrogen (secondary N) is 1. The highest BCUT2D eigenvalue weighted by Crippen LogP contribution is 2.22. The summed E-state index contributed by atoms with van der Waals surface area (Å²) in [6.45, 7) is 3.93. The van der Waals surface area contributed by atoms with Crippen LogP contribution in [0.1, 0.15) is 11.4 Å². The molecule has 3 heterocycles. The van der Waals surface area contributed by atoms with Gasteiger partial charge in [-0.1, -0.05) is 0 Å². The molecule has 2 aliphatic rings. The van der Waals surface area contributed by atoms with Gasteiger partial charge in [0.1, 0.15) is 0 Å². The highest BCUT2D eigenvalue weighted by molar-refractivity contribution is 7.90. The highest BCUT2D eigenvalue weighted by atomic mass is 32.2. The molecule has 0 aromatic carbocycles. The number of rotatable bonds is 2. The fourth-order valence-electron chi connectivity index (χ4n) is 2.53. The minimum Gasteiger partial charge on any atom is -0.331 e. The van der Waals surface area contributed by atoms with Gasteiger partial charge in [0.2, 0.25) is 0 Å². The van der Waals surface area contributed by atoms with Gasteiger partial charge in [-0.3, -0.25) is 9.48 Å². The number of hydrogen-bond donors (Lipinski definition) is 1. The van der Waals surface area contributed by atoms with Crippen LogP contribution >= 0.6 is 0 Å². The summed E-state index contributed by atoms with van der Waals surface area (Å²) in [7, 11) is -1.74. The van der Waals surface area contributed by atoms with Gasteiger partial charge in [-0.2, -0.15) is 5.10 Å². The first kappa shape index (κ1) is 15.5. The number of aromatic nitrogens is 2. The Balaban J connectivity index is 1.94. The number of allylic oxidation sites excluding steroid dienone is 2. The molecule has 122 valence electrons. The van der Waals surface area contributed by atoms with Gasteiger partial charge in [-0.25, -0.2) is 8.42 Å². The van der Waals surface area contributed by atoms with Crippen molar-refractivity contribution in [2.24, 2.45) is 11.4 Å². The summed E-state index contributed by atoms with van der Waals surface area (Å²) >= 11 is 0. The maximum atomic E-state index is 12.6. The minimum atomic E-state index is -3.53. The molecule has 0 fully saturated rings. The molecule has 1 aromatic heterocycles. The van der Waals surface area contributed by atoms with Crippen molar-refractivity contribution in [3.8, 4) is 0 Å². The van der Waals surface area contributed by atoms with Gasteiger partial charge in [0.15, 0.2) is 5.84 Å². The molecule has 2 aliphatic heterocycles. The van der Waals surface area contributed by atoms with Crippen molar-refractivity contribution < 1.29 is 13.2 Å². The highest BCUT2D eigenvalue weighted by Gasteiger charge is 2.30. The lowest BCUT2D eigenvalue weighted by Gasteiger charge is -2.28. The molecule has 0 spiro atoms. The third-order valence-electron chi connectivity index (χ3n) is 3.85. The van der Waals surface area contributed by atoms with Crippen molar-refractivity contribution in [1.29, 1.82) is 0 Å². The Morgan fingerprint density at radius 2 is 2.09 bits per heavy atom. The average Bonchev–Trinajstić information content (AvgIpc) is 2.72. The van der Waals surface area contributed by atoms with Crippen LogP contribution in [0.5, 0.6) is 0 Å². The predicted molar refractivity (Wildman–Crippen MR) is 86.5 cm³/mol. The second kappa shape index (κ2) is 5.34. The first-order valence-electron chi connectivity index (χ1n) is 7.08. The Bertz CT molecular complexity index is 876. The smallest absolute Gasteiger partial charge is 0.259 e. The van der Waals surface area contributed by atoms with Crippen LogP contribution in [0, 0.1) is 13.8 Å².